The van der Waals surface area contributed by atoms with Gasteiger partial charge in [-0.2, -0.15) is 9.61 Å². The van der Waals surface area contributed by atoms with Crippen molar-refractivity contribution in [2.45, 2.75) is 39.3 Å². The summed E-state index contributed by atoms with van der Waals surface area (Å²) in [6.07, 6.45) is 2.03. The SMILES string of the molecule is Cc1cc2n(CC(=O)Nc3cccc(C(=O)NC4CC4)c3)c(C)cc(=O)n2n1. The van der Waals surface area contributed by atoms with Crippen LogP contribution in [0, 0.1) is 13.8 Å². The molecule has 8 nitrogen and oxygen atoms in total. The molecule has 1 aliphatic carbocycles. The van der Waals surface area contributed by atoms with Crippen molar-refractivity contribution < 1.29 is 9.59 Å². The van der Waals surface area contributed by atoms with Crippen LogP contribution >= 0.6 is 0 Å². The number of anilines is 1. The van der Waals surface area contributed by atoms with Gasteiger partial charge in [0.2, 0.25) is 5.91 Å². The van der Waals surface area contributed by atoms with E-state index in [0.717, 1.165) is 12.8 Å². The number of carbonyl (C=O) groups excluding carboxylic acids is 2. The van der Waals surface area contributed by atoms with Gasteiger partial charge in [-0.05, 0) is 44.9 Å². The predicted octanol–water partition coefficient (Wildman–Crippen LogP) is 1.64. The van der Waals surface area contributed by atoms with E-state index in [2.05, 4.69) is 15.7 Å². The zero-order valence-corrected chi connectivity index (χ0v) is 15.7. The molecule has 0 unspecified atom stereocenters. The number of amides is 2. The number of benzene rings is 1. The molecule has 2 N–H and O–H groups in total. The molecule has 0 atom stereocenters. The van der Waals surface area contributed by atoms with Gasteiger partial charge >= 0.3 is 0 Å². The van der Waals surface area contributed by atoms with Crippen molar-refractivity contribution in [2.24, 2.45) is 0 Å². The van der Waals surface area contributed by atoms with Crippen molar-refractivity contribution in [3.8, 4) is 0 Å². The van der Waals surface area contributed by atoms with E-state index in [4.69, 9.17) is 0 Å². The highest BCUT2D eigenvalue weighted by Gasteiger charge is 2.23. The van der Waals surface area contributed by atoms with Crippen LogP contribution in [-0.2, 0) is 11.3 Å². The summed E-state index contributed by atoms with van der Waals surface area (Å²) in [6.45, 7) is 3.60. The quantitative estimate of drug-likeness (QED) is 0.704. The molecule has 1 saturated carbocycles. The average molecular weight is 379 g/mol. The van der Waals surface area contributed by atoms with Crippen LogP contribution in [-0.4, -0.2) is 32.0 Å². The van der Waals surface area contributed by atoms with Crippen LogP contribution in [0.4, 0.5) is 5.69 Å². The first-order chi connectivity index (χ1) is 13.4. The number of aromatic nitrogens is 3. The minimum atomic E-state index is -0.257. The van der Waals surface area contributed by atoms with Gasteiger partial charge in [0.25, 0.3) is 11.5 Å². The summed E-state index contributed by atoms with van der Waals surface area (Å²) >= 11 is 0. The summed E-state index contributed by atoms with van der Waals surface area (Å²) in [4.78, 5) is 36.9. The third-order valence-corrected chi connectivity index (χ3v) is 4.68. The van der Waals surface area contributed by atoms with E-state index in [1.54, 1.807) is 48.7 Å². The molecule has 1 fully saturated rings. The van der Waals surface area contributed by atoms with Gasteiger partial charge in [-0.3, -0.25) is 14.4 Å². The molecule has 2 aromatic heterocycles. The van der Waals surface area contributed by atoms with Gasteiger partial charge in [0.15, 0.2) is 0 Å². The highest BCUT2D eigenvalue weighted by atomic mass is 16.2. The van der Waals surface area contributed by atoms with Gasteiger partial charge in [0.05, 0.1) is 5.69 Å². The summed E-state index contributed by atoms with van der Waals surface area (Å²) in [5.74, 6) is -0.390. The Morgan fingerprint density at radius 1 is 1.18 bits per heavy atom. The van der Waals surface area contributed by atoms with Crippen LogP contribution in [0.3, 0.4) is 0 Å². The van der Waals surface area contributed by atoms with Gasteiger partial charge in [0, 0.05) is 35.1 Å². The molecule has 4 rings (SSSR count). The molecular weight excluding hydrogens is 358 g/mol. The first kappa shape index (κ1) is 18.0. The summed E-state index contributed by atoms with van der Waals surface area (Å²) in [5.41, 5.74) is 2.77. The minimum absolute atomic E-state index is 0.0270. The van der Waals surface area contributed by atoms with Crippen LogP contribution in [0.25, 0.3) is 5.65 Å². The van der Waals surface area contributed by atoms with Crippen molar-refractivity contribution in [2.75, 3.05) is 5.32 Å². The van der Waals surface area contributed by atoms with Gasteiger partial charge in [-0.1, -0.05) is 6.07 Å². The zero-order valence-electron chi connectivity index (χ0n) is 15.7. The maximum absolute atomic E-state index is 12.6. The first-order valence-corrected chi connectivity index (χ1v) is 9.18. The number of nitrogens with one attached hydrogen (secondary N) is 2. The standard InChI is InChI=1S/C20H21N5O3/c1-12-8-18-24(13(2)9-19(27)25(18)23-12)11-17(26)21-16-5-3-4-14(10-16)20(28)22-15-6-7-15/h3-5,8-10,15H,6-7,11H2,1-2H3,(H,21,26)(H,22,28). The Morgan fingerprint density at radius 2 is 1.96 bits per heavy atom. The van der Waals surface area contributed by atoms with Gasteiger partial charge in [0.1, 0.15) is 12.2 Å². The van der Waals surface area contributed by atoms with E-state index in [1.165, 1.54) is 10.6 Å². The molecule has 0 spiro atoms. The van der Waals surface area contributed by atoms with Gasteiger partial charge < -0.3 is 15.2 Å². The average Bonchev–Trinajstić information content (AvgIpc) is 3.37. The van der Waals surface area contributed by atoms with E-state index in [0.29, 0.717) is 28.3 Å². The number of nitrogens with zero attached hydrogens (tertiary/aromatic N) is 3. The lowest BCUT2D eigenvalue weighted by Crippen LogP contribution is -2.26. The highest BCUT2D eigenvalue weighted by molar-refractivity contribution is 5.97. The lowest BCUT2D eigenvalue weighted by atomic mass is 10.2. The van der Waals surface area contributed by atoms with E-state index >= 15 is 0 Å². The van der Waals surface area contributed by atoms with Crippen LogP contribution in [0.5, 0.6) is 0 Å². The second kappa shape index (κ2) is 6.95. The summed E-state index contributed by atoms with van der Waals surface area (Å²) in [7, 11) is 0. The molecule has 2 amide bonds. The van der Waals surface area contributed by atoms with Crippen LogP contribution in [0.15, 0.2) is 41.2 Å². The fraction of sp³-hybridized carbons (Fsp3) is 0.300. The maximum Gasteiger partial charge on any atom is 0.274 e. The molecule has 1 aliphatic rings. The highest BCUT2D eigenvalue weighted by Crippen LogP contribution is 2.20. The van der Waals surface area contributed by atoms with Gasteiger partial charge in [-0.15, -0.1) is 0 Å². The largest absolute Gasteiger partial charge is 0.349 e. The van der Waals surface area contributed by atoms with E-state index in [1.807, 2.05) is 0 Å². The normalized spacial score (nSPS) is 13.5. The smallest absolute Gasteiger partial charge is 0.274 e. The van der Waals surface area contributed by atoms with E-state index in [-0.39, 0.29) is 30.0 Å². The Morgan fingerprint density at radius 3 is 2.71 bits per heavy atom. The van der Waals surface area contributed by atoms with Gasteiger partial charge in [-0.25, -0.2) is 0 Å². The molecule has 0 aliphatic heterocycles. The molecule has 0 bridgehead atoms. The summed E-state index contributed by atoms with van der Waals surface area (Å²) in [5, 5.41) is 9.92. The van der Waals surface area contributed by atoms with E-state index in [9.17, 15) is 14.4 Å². The van der Waals surface area contributed by atoms with Crippen molar-refractivity contribution in [1.29, 1.82) is 0 Å². The fourth-order valence-electron chi connectivity index (χ4n) is 3.12. The zero-order chi connectivity index (χ0) is 19.8. The Kier molecular flexibility index (Phi) is 4.46. The monoisotopic (exact) mass is 379 g/mol. The van der Waals surface area contributed by atoms with Crippen molar-refractivity contribution in [1.82, 2.24) is 19.5 Å². The Labute approximate surface area is 161 Å². The number of carbonyl (C=O) groups is 2. The maximum atomic E-state index is 12.6. The molecule has 8 heteroatoms. The molecule has 3 aromatic rings. The molecule has 0 saturated heterocycles. The molecule has 144 valence electrons. The first-order valence-electron chi connectivity index (χ1n) is 9.18. The second-order valence-corrected chi connectivity index (χ2v) is 7.14. The molecule has 1 aromatic carbocycles. The third kappa shape index (κ3) is 3.66. The van der Waals surface area contributed by atoms with Crippen molar-refractivity contribution in [3.05, 3.63) is 63.7 Å². The molecular formula is C20H21N5O3. The third-order valence-electron chi connectivity index (χ3n) is 4.68. The van der Waals surface area contributed by atoms with Crippen molar-refractivity contribution >= 4 is 23.1 Å². The Balaban J connectivity index is 1.53. The summed E-state index contributed by atoms with van der Waals surface area (Å²) in [6, 6.07) is 10.4. The molecule has 0 radical (unpaired) electrons. The number of rotatable bonds is 5. The molecule has 28 heavy (non-hydrogen) atoms. The van der Waals surface area contributed by atoms with E-state index < -0.39 is 0 Å². The number of hydrogen-bond donors (Lipinski definition) is 2. The minimum Gasteiger partial charge on any atom is -0.349 e. The van der Waals surface area contributed by atoms with Crippen LogP contribution < -0.4 is 16.2 Å². The summed E-state index contributed by atoms with van der Waals surface area (Å²) < 4.78 is 3.03. The predicted molar refractivity (Wildman–Crippen MR) is 104 cm³/mol. The second-order valence-electron chi connectivity index (χ2n) is 7.14. The fourth-order valence-corrected chi connectivity index (χ4v) is 3.12. The topological polar surface area (TPSA) is 97.5 Å². The molecule has 2 heterocycles. The van der Waals surface area contributed by atoms with Crippen LogP contribution in [0.1, 0.15) is 34.6 Å². The van der Waals surface area contributed by atoms with Crippen molar-refractivity contribution in [3.63, 3.8) is 0 Å². The van der Waals surface area contributed by atoms with Crippen LogP contribution in [0.2, 0.25) is 0 Å². The lowest BCUT2D eigenvalue weighted by molar-refractivity contribution is -0.116. The number of aryl methyl sites for hydroxylation is 2. The number of hydrogen-bond acceptors (Lipinski definition) is 4. The Hall–Kier alpha value is -3.42. The number of fused-ring (bicyclic) bond motifs is 1. The lowest BCUT2D eigenvalue weighted by Gasteiger charge is -2.13. The Bertz CT molecular complexity index is 1140.